The zero-order chi connectivity index (χ0) is 18.3. The smallest absolute Gasteiger partial charge is 0.223 e. The Labute approximate surface area is 157 Å². The van der Waals surface area contributed by atoms with E-state index in [1.165, 1.54) is 32.1 Å². The summed E-state index contributed by atoms with van der Waals surface area (Å²) in [7, 11) is 5.83. The number of benzene rings is 1. The summed E-state index contributed by atoms with van der Waals surface area (Å²) in [5.41, 5.74) is 1.13. The van der Waals surface area contributed by atoms with E-state index in [-0.39, 0.29) is 12.0 Å². The predicted octanol–water partition coefficient (Wildman–Crippen LogP) is 3.49. The molecule has 1 unspecified atom stereocenters. The lowest BCUT2D eigenvalue weighted by Crippen LogP contribution is -2.51. The van der Waals surface area contributed by atoms with E-state index in [4.69, 9.17) is 4.74 Å². The molecule has 142 valence electrons. The van der Waals surface area contributed by atoms with Crippen LogP contribution in [0.3, 0.4) is 0 Å². The number of rotatable bonds is 6. The molecule has 4 saturated carbocycles. The maximum atomic E-state index is 13.1. The van der Waals surface area contributed by atoms with E-state index in [0.717, 1.165) is 23.1 Å². The van der Waals surface area contributed by atoms with Crippen molar-refractivity contribution in [2.75, 3.05) is 27.7 Å². The molecule has 4 heteroatoms. The van der Waals surface area contributed by atoms with Crippen LogP contribution in [0, 0.1) is 29.6 Å². The number of methoxy groups -OCH3 is 1. The van der Waals surface area contributed by atoms with E-state index in [2.05, 4.69) is 30.4 Å². The number of carbonyl (C=O) groups is 1. The fourth-order valence-electron chi connectivity index (χ4n) is 6.18. The first kappa shape index (κ1) is 17.8. The zero-order valence-electron chi connectivity index (χ0n) is 16.3. The van der Waals surface area contributed by atoms with Crippen molar-refractivity contribution in [2.45, 2.75) is 38.1 Å². The topological polar surface area (TPSA) is 41.6 Å². The van der Waals surface area contributed by atoms with Crippen LogP contribution in [0.5, 0.6) is 5.75 Å². The van der Waals surface area contributed by atoms with Crippen molar-refractivity contribution in [1.82, 2.24) is 10.2 Å². The molecule has 1 N–H and O–H groups in total. The van der Waals surface area contributed by atoms with Crippen LogP contribution in [0.2, 0.25) is 0 Å². The fraction of sp³-hybridized carbons (Fsp3) is 0.682. The maximum Gasteiger partial charge on any atom is 0.223 e. The molecule has 4 fully saturated rings. The van der Waals surface area contributed by atoms with Gasteiger partial charge in [-0.3, -0.25) is 4.79 Å². The Kier molecular flexibility index (Phi) is 4.96. The Morgan fingerprint density at radius 3 is 2.31 bits per heavy atom. The Balaban J connectivity index is 1.44. The molecular weight excluding hydrogens is 324 g/mol. The lowest BCUT2D eigenvalue weighted by molar-refractivity contribution is -0.138. The van der Waals surface area contributed by atoms with E-state index in [9.17, 15) is 4.79 Å². The summed E-state index contributed by atoms with van der Waals surface area (Å²) in [5.74, 6) is 4.51. The summed E-state index contributed by atoms with van der Waals surface area (Å²) < 4.78 is 5.54. The van der Waals surface area contributed by atoms with E-state index in [1.54, 1.807) is 7.11 Å². The quantitative estimate of drug-likeness (QED) is 0.848. The molecule has 1 atom stereocenters. The number of carbonyl (C=O) groups excluding carboxylic acids is 1. The van der Waals surface area contributed by atoms with Crippen LogP contribution in [0.1, 0.15) is 43.7 Å². The lowest BCUT2D eigenvalue weighted by Gasteiger charge is -2.53. The minimum absolute atomic E-state index is 0.118. The SMILES string of the molecule is COc1ccccc1C(CNC(=O)C1C2CC3CC(C2)CC1C3)N(C)C. The fourth-order valence-corrected chi connectivity index (χ4v) is 6.18. The van der Waals surface area contributed by atoms with Crippen molar-refractivity contribution < 1.29 is 9.53 Å². The van der Waals surface area contributed by atoms with Gasteiger partial charge in [-0.15, -0.1) is 0 Å². The molecule has 1 aromatic carbocycles. The molecule has 5 rings (SSSR count). The third-order valence-electron chi connectivity index (χ3n) is 7.12. The minimum Gasteiger partial charge on any atom is -0.496 e. The van der Waals surface area contributed by atoms with Gasteiger partial charge in [-0.1, -0.05) is 18.2 Å². The highest BCUT2D eigenvalue weighted by atomic mass is 16.5. The highest BCUT2D eigenvalue weighted by Gasteiger charge is 2.50. The van der Waals surface area contributed by atoms with E-state index in [1.807, 2.05) is 18.2 Å². The number of nitrogens with zero attached hydrogens (tertiary/aromatic N) is 1. The normalized spacial score (nSPS) is 33.3. The average molecular weight is 357 g/mol. The summed E-state index contributed by atoms with van der Waals surface area (Å²) >= 11 is 0. The molecular formula is C22H32N2O2. The van der Waals surface area contributed by atoms with Crippen LogP contribution in [0.15, 0.2) is 24.3 Å². The lowest BCUT2D eigenvalue weighted by atomic mass is 9.51. The second-order valence-corrected chi connectivity index (χ2v) is 8.92. The van der Waals surface area contributed by atoms with Crippen molar-refractivity contribution in [1.29, 1.82) is 0 Å². The molecule has 4 aliphatic carbocycles. The number of likely N-dealkylation sites (N-methyl/N-ethyl adjacent to an activating group) is 1. The molecule has 0 radical (unpaired) electrons. The summed E-state index contributed by atoms with van der Waals surface area (Å²) in [6.07, 6.45) is 6.57. The van der Waals surface area contributed by atoms with Gasteiger partial charge in [0, 0.05) is 18.0 Å². The first-order valence-corrected chi connectivity index (χ1v) is 10.1. The predicted molar refractivity (Wildman–Crippen MR) is 103 cm³/mol. The van der Waals surface area contributed by atoms with Gasteiger partial charge in [0.25, 0.3) is 0 Å². The molecule has 0 aromatic heterocycles. The minimum atomic E-state index is 0.118. The molecule has 1 amide bonds. The van der Waals surface area contributed by atoms with E-state index < -0.39 is 0 Å². The number of nitrogens with one attached hydrogen (secondary N) is 1. The van der Waals surface area contributed by atoms with Gasteiger partial charge in [0.05, 0.1) is 13.2 Å². The first-order chi connectivity index (χ1) is 12.6. The van der Waals surface area contributed by atoms with Crippen LogP contribution in [-0.2, 0) is 4.79 Å². The number of amides is 1. The maximum absolute atomic E-state index is 13.1. The number of hydrogen-bond donors (Lipinski definition) is 1. The molecule has 0 spiro atoms. The number of ether oxygens (including phenoxy) is 1. The number of hydrogen-bond acceptors (Lipinski definition) is 3. The summed E-state index contributed by atoms with van der Waals surface area (Å²) in [5, 5.41) is 3.31. The van der Waals surface area contributed by atoms with Gasteiger partial charge >= 0.3 is 0 Å². The second-order valence-electron chi connectivity index (χ2n) is 8.92. The molecule has 0 saturated heterocycles. The monoisotopic (exact) mass is 356 g/mol. The van der Waals surface area contributed by atoms with Gasteiger partial charge in [0.2, 0.25) is 5.91 Å². The Hall–Kier alpha value is -1.55. The molecule has 4 nitrogen and oxygen atoms in total. The van der Waals surface area contributed by atoms with Crippen LogP contribution in [0.25, 0.3) is 0 Å². The number of para-hydroxylation sites is 1. The molecule has 0 aliphatic heterocycles. The Bertz CT molecular complexity index is 629. The third kappa shape index (κ3) is 3.24. The first-order valence-electron chi connectivity index (χ1n) is 10.1. The van der Waals surface area contributed by atoms with Gasteiger partial charge in [0.15, 0.2) is 0 Å². The van der Waals surface area contributed by atoms with Gasteiger partial charge in [0.1, 0.15) is 5.75 Å². The van der Waals surface area contributed by atoms with Crippen LogP contribution in [-0.4, -0.2) is 38.6 Å². The Morgan fingerprint density at radius 2 is 1.73 bits per heavy atom. The van der Waals surface area contributed by atoms with Crippen molar-refractivity contribution in [3.05, 3.63) is 29.8 Å². The highest BCUT2D eigenvalue weighted by molar-refractivity contribution is 5.79. The van der Waals surface area contributed by atoms with Gasteiger partial charge in [-0.25, -0.2) is 0 Å². The van der Waals surface area contributed by atoms with E-state index >= 15 is 0 Å². The van der Waals surface area contributed by atoms with Crippen molar-refractivity contribution >= 4 is 5.91 Å². The van der Waals surface area contributed by atoms with E-state index in [0.29, 0.717) is 24.3 Å². The van der Waals surface area contributed by atoms with Crippen molar-refractivity contribution in [3.63, 3.8) is 0 Å². The van der Waals surface area contributed by atoms with Crippen molar-refractivity contribution in [3.8, 4) is 5.75 Å². The zero-order valence-corrected chi connectivity index (χ0v) is 16.3. The van der Waals surface area contributed by atoms with Gasteiger partial charge in [-0.05, 0) is 75.9 Å². The van der Waals surface area contributed by atoms with Crippen molar-refractivity contribution in [2.24, 2.45) is 29.6 Å². The molecule has 4 aliphatic rings. The molecule has 26 heavy (non-hydrogen) atoms. The largest absolute Gasteiger partial charge is 0.496 e. The Morgan fingerprint density at radius 1 is 1.12 bits per heavy atom. The molecule has 4 bridgehead atoms. The molecule has 0 heterocycles. The van der Waals surface area contributed by atoms with Crippen LogP contribution in [0.4, 0.5) is 0 Å². The summed E-state index contributed by atoms with van der Waals surface area (Å²) in [6.45, 7) is 0.634. The van der Waals surface area contributed by atoms with Crippen LogP contribution >= 0.6 is 0 Å². The highest BCUT2D eigenvalue weighted by Crippen LogP contribution is 2.56. The average Bonchev–Trinajstić information content (AvgIpc) is 2.61. The summed E-state index contributed by atoms with van der Waals surface area (Å²) in [6, 6.07) is 8.23. The van der Waals surface area contributed by atoms with Gasteiger partial charge < -0.3 is 15.0 Å². The van der Waals surface area contributed by atoms with Gasteiger partial charge in [-0.2, -0.15) is 0 Å². The summed E-state index contributed by atoms with van der Waals surface area (Å²) in [4.78, 5) is 15.2. The molecule has 1 aromatic rings. The second kappa shape index (κ2) is 7.22. The third-order valence-corrected chi connectivity index (χ3v) is 7.12. The van der Waals surface area contributed by atoms with Crippen LogP contribution < -0.4 is 10.1 Å². The standard InChI is InChI=1S/C22H32N2O2/c1-24(2)19(18-6-4-5-7-20(18)26-3)13-23-22(25)21-16-9-14-8-15(11-16)12-17(21)10-14/h4-7,14-17,19,21H,8-13H2,1-3H3,(H,23,25).